The Balaban J connectivity index is 2.57. The van der Waals surface area contributed by atoms with Crippen molar-refractivity contribution in [1.82, 2.24) is 5.32 Å². The van der Waals surface area contributed by atoms with Crippen LogP contribution in [-0.4, -0.2) is 20.7 Å². The molecule has 20 heavy (non-hydrogen) atoms. The van der Waals surface area contributed by atoms with Crippen LogP contribution < -0.4 is 10.1 Å². The molecule has 0 saturated carbocycles. The summed E-state index contributed by atoms with van der Waals surface area (Å²) < 4.78 is 5.45. The van der Waals surface area contributed by atoms with E-state index in [2.05, 4.69) is 55.6 Å². The molecule has 0 bridgehead atoms. The van der Waals surface area contributed by atoms with Crippen LogP contribution >= 0.6 is 0 Å². The van der Waals surface area contributed by atoms with E-state index in [0.717, 1.165) is 17.7 Å². The van der Waals surface area contributed by atoms with Gasteiger partial charge in [-0.05, 0) is 30.0 Å². The van der Waals surface area contributed by atoms with Crippen molar-refractivity contribution in [3.8, 4) is 5.75 Å². The van der Waals surface area contributed by atoms with Crippen LogP contribution in [0.1, 0.15) is 19.4 Å². The van der Waals surface area contributed by atoms with E-state index in [0.29, 0.717) is 5.92 Å². The second-order valence-corrected chi connectivity index (χ2v) is 5.31. The number of ether oxygens (including phenoxy) is 1. The van der Waals surface area contributed by atoms with Crippen molar-refractivity contribution in [1.29, 1.82) is 0 Å². The Morgan fingerprint density at radius 2 is 1.85 bits per heavy atom. The lowest BCUT2D eigenvalue weighted by atomic mass is 9.97. The maximum atomic E-state index is 5.45. The fourth-order valence-electron chi connectivity index (χ4n) is 2.42. The van der Waals surface area contributed by atoms with E-state index in [1.54, 1.807) is 7.11 Å². The van der Waals surface area contributed by atoms with Crippen molar-refractivity contribution in [2.24, 2.45) is 5.92 Å². The second-order valence-electron chi connectivity index (χ2n) is 5.31. The van der Waals surface area contributed by atoms with Gasteiger partial charge in [0.15, 0.2) is 0 Å². The Kier molecular flexibility index (Phi) is 4.80. The maximum Gasteiger partial charge on any atom is 0.126 e. The molecule has 106 valence electrons. The summed E-state index contributed by atoms with van der Waals surface area (Å²) in [6, 6.07) is 12.6. The molecule has 0 aliphatic rings. The molecule has 1 N–H and O–H groups in total. The van der Waals surface area contributed by atoms with Gasteiger partial charge < -0.3 is 10.1 Å². The van der Waals surface area contributed by atoms with E-state index in [4.69, 9.17) is 4.74 Å². The maximum absolute atomic E-state index is 5.45. The fraction of sp³-hybridized carbons (Fsp3) is 0.333. The second kappa shape index (κ2) is 6.58. The highest BCUT2D eigenvalue weighted by atomic mass is 16.5. The summed E-state index contributed by atoms with van der Waals surface area (Å²) in [5.74, 6) is 1.46. The molecule has 2 rings (SSSR count). The van der Waals surface area contributed by atoms with Gasteiger partial charge in [-0.3, -0.25) is 0 Å². The third kappa shape index (κ3) is 3.02. The van der Waals surface area contributed by atoms with Crippen LogP contribution in [0.5, 0.6) is 5.75 Å². The highest BCUT2D eigenvalue weighted by Crippen LogP contribution is 2.30. The number of hydrogen-bond acceptors (Lipinski definition) is 2. The largest absolute Gasteiger partial charge is 0.496 e. The lowest BCUT2D eigenvalue weighted by molar-refractivity contribution is 0.420. The Morgan fingerprint density at radius 1 is 1.15 bits per heavy atom. The molecule has 2 nitrogen and oxygen atoms in total. The molecule has 2 aromatic rings. The van der Waals surface area contributed by atoms with Crippen LogP contribution in [0.3, 0.4) is 0 Å². The number of methoxy groups -OCH3 is 1. The van der Waals surface area contributed by atoms with Gasteiger partial charge in [-0.2, -0.15) is 0 Å². The molecule has 2 heteroatoms. The van der Waals surface area contributed by atoms with Gasteiger partial charge in [-0.15, -0.1) is 0 Å². The summed E-state index contributed by atoms with van der Waals surface area (Å²) in [6.07, 6.45) is 2.29. The third-order valence-corrected chi connectivity index (χ3v) is 3.60. The minimum atomic E-state index is 0.531. The summed E-state index contributed by atoms with van der Waals surface area (Å²) in [7, 11) is 3.71. The standard InChI is InChI=1S/C18H23NO/c1-13(2)15(12-19-3)11-14-9-10-18(20-4)17-8-6-5-7-16(14)17/h5-11,13,19H,12H2,1-4H3/b15-11-. The van der Waals surface area contributed by atoms with Gasteiger partial charge in [-0.25, -0.2) is 0 Å². The van der Waals surface area contributed by atoms with E-state index in [9.17, 15) is 0 Å². The van der Waals surface area contributed by atoms with Crippen molar-refractivity contribution >= 4 is 16.8 Å². The lowest BCUT2D eigenvalue weighted by Crippen LogP contribution is -2.13. The fourth-order valence-corrected chi connectivity index (χ4v) is 2.42. The molecule has 0 unspecified atom stereocenters. The predicted octanol–water partition coefficient (Wildman–Crippen LogP) is 4.11. The van der Waals surface area contributed by atoms with Gasteiger partial charge in [0, 0.05) is 11.9 Å². The number of rotatable bonds is 5. The Bertz CT molecular complexity index is 614. The Labute approximate surface area is 121 Å². The van der Waals surface area contributed by atoms with E-state index < -0.39 is 0 Å². The van der Waals surface area contributed by atoms with Crippen LogP contribution in [0.25, 0.3) is 16.8 Å². The Hall–Kier alpha value is -1.80. The van der Waals surface area contributed by atoms with Gasteiger partial charge in [0.05, 0.1) is 7.11 Å². The summed E-state index contributed by atoms with van der Waals surface area (Å²) in [6.45, 7) is 5.38. The first-order valence-electron chi connectivity index (χ1n) is 7.08. The van der Waals surface area contributed by atoms with Crippen LogP contribution in [0, 0.1) is 5.92 Å². The van der Waals surface area contributed by atoms with Crippen molar-refractivity contribution in [2.45, 2.75) is 13.8 Å². The molecule has 0 spiro atoms. The number of nitrogens with one attached hydrogen (secondary N) is 1. The van der Waals surface area contributed by atoms with Crippen molar-refractivity contribution < 1.29 is 4.74 Å². The van der Waals surface area contributed by atoms with Gasteiger partial charge in [0.2, 0.25) is 0 Å². The monoisotopic (exact) mass is 269 g/mol. The van der Waals surface area contributed by atoms with E-state index in [1.165, 1.54) is 16.5 Å². The number of likely N-dealkylation sites (N-methyl/N-ethyl adjacent to an activating group) is 1. The zero-order chi connectivity index (χ0) is 14.5. The molecule has 2 aromatic carbocycles. The minimum Gasteiger partial charge on any atom is -0.496 e. The van der Waals surface area contributed by atoms with E-state index >= 15 is 0 Å². The molecular formula is C18H23NO. The number of benzene rings is 2. The first kappa shape index (κ1) is 14.6. The topological polar surface area (TPSA) is 21.3 Å². The molecule has 0 aliphatic heterocycles. The number of hydrogen-bond donors (Lipinski definition) is 1. The van der Waals surface area contributed by atoms with Crippen molar-refractivity contribution in [3.05, 3.63) is 47.5 Å². The Morgan fingerprint density at radius 3 is 2.45 bits per heavy atom. The highest BCUT2D eigenvalue weighted by molar-refractivity contribution is 5.95. The zero-order valence-corrected chi connectivity index (χ0v) is 12.7. The van der Waals surface area contributed by atoms with E-state index in [-0.39, 0.29) is 0 Å². The molecule has 0 heterocycles. The van der Waals surface area contributed by atoms with Gasteiger partial charge in [0.25, 0.3) is 0 Å². The summed E-state index contributed by atoms with van der Waals surface area (Å²) in [4.78, 5) is 0. The summed E-state index contributed by atoms with van der Waals surface area (Å²) in [5, 5.41) is 5.65. The minimum absolute atomic E-state index is 0.531. The first-order valence-corrected chi connectivity index (χ1v) is 7.08. The molecule has 0 saturated heterocycles. The quantitative estimate of drug-likeness (QED) is 0.882. The van der Waals surface area contributed by atoms with Gasteiger partial charge >= 0.3 is 0 Å². The highest BCUT2D eigenvalue weighted by Gasteiger charge is 2.07. The third-order valence-electron chi connectivity index (χ3n) is 3.60. The van der Waals surface area contributed by atoms with Crippen LogP contribution in [0.4, 0.5) is 0 Å². The average Bonchev–Trinajstić information content (AvgIpc) is 2.46. The molecular weight excluding hydrogens is 246 g/mol. The summed E-state index contributed by atoms with van der Waals surface area (Å²) >= 11 is 0. The molecule has 0 aliphatic carbocycles. The SMILES string of the molecule is CNC/C(=C/c1ccc(OC)c2ccccc12)C(C)C. The van der Waals surface area contributed by atoms with Crippen molar-refractivity contribution in [2.75, 3.05) is 20.7 Å². The van der Waals surface area contributed by atoms with Crippen LogP contribution in [0.15, 0.2) is 42.0 Å². The molecule has 0 fully saturated rings. The molecule has 0 aromatic heterocycles. The molecule has 0 atom stereocenters. The van der Waals surface area contributed by atoms with Crippen LogP contribution in [0.2, 0.25) is 0 Å². The normalized spacial score (nSPS) is 12.2. The van der Waals surface area contributed by atoms with E-state index in [1.807, 2.05) is 13.1 Å². The van der Waals surface area contributed by atoms with Crippen molar-refractivity contribution in [3.63, 3.8) is 0 Å². The van der Waals surface area contributed by atoms with Crippen LogP contribution in [-0.2, 0) is 0 Å². The average molecular weight is 269 g/mol. The predicted molar refractivity (Wildman–Crippen MR) is 87.2 cm³/mol. The van der Waals surface area contributed by atoms with Gasteiger partial charge in [0.1, 0.15) is 5.75 Å². The first-order chi connectivity index (χ1) is 9.67. The molecule has 0 amide bonds. The lowest BCUT2D eigenvalue weighted by Gasteiger charge is -2.13. The van der Waals surface area contributed by atoms with Gasteiger partial charge in [-0.1, -0.05) is 55.8 Å². The number of fused-ring (bicyclic) bond motifs is 1. The smallest absolute Gasteiger partial charge is 0.126 e. The molecule has 0 radical (unpaired) electrons. The summed E-state index contributed by atoms with van der Waals surface area (Å²) in [5.41, 5.74) is 2.66. The zero-order valence-electron chi connectivity index (χ0n) is 12.7.